The van der Waals surface area contributed by atoms with Crippen LogP contribution in [0.3, 0.4) is 0 Å². The van der Waals surface area contributed by atoms with E-state index in [2.05, 4.69) is 30.7 Å². The average Bonchev–Trinajstić information content (AvgIpc) is 3.30. The maximum absolute atomic E-state index is 12.4. The Morgan fingerprint density at radius 2 is 1.86 bits per heavy atom. The van der Waals surface area contributed by atoms with Crippen LogP contribution in [0.15, 0.2) is 63.3 Å². The molecule has 4 aromatic rings. The summed E-state index contributed by atoms with van der Waals surface area (Å²) >= 11 is 4.78. The number of sulfonamides is 1. The Morgan fingerprint density at radius 1 is 1.14 bits per heavy atom. The summed E-state index contributed by atoms with van der Waals surface area (Å²) in [5.41, 5.74) is 1.79. The van der Waals surface area contributed by atoms with Gasteiger partial charge in [0.1, 0.15) is 5.75 Å². The Hall–Kier alpha value is -2.27. The fourth-order valence-corrected chi connectivity index (χ4v) is 4.92. The number of aromatic nitrogens is 3. The lowest BCUT2D eigenvalue weighted by atomic mass is 10.2. The first kappa shape index (κ1) is 20.0. The summed E-state index contributed by atoms with van der Waals surface area (Å²) in [6.07, 6.45) is 0.501. The molecule has 0 saturated heterocycles. The predicted molar refractivity (Wildman–Crippen MR) is 116 cm³/mol. The molecule has 0 saturated carbocycles. The summed E-state index contributed by atoms with van der Waals surface area (Å²) < 4.78 is 35.2. The molecule has 0 bridgehead atoms. The van der Waals surface area contributed by atoms with Crippen LogP contribution in [0.2, 0.25) is 0 Å². The maximum atomic E-state index is 12.4. The van der Waals surface area contributed by atoms with Crippen LogP contribution in [-0.2, 0) is 16.4 Å². The molecule has 2 aromatic heterocycles. The normalized spacial score (nSPS) is 11.8. The van der Waals surface area contributed by atoms with Crippen molar-refractivity contribution in [3.63, 3.8) is 0 Å². The van der Waals surface area contributed by atoms with Gasteiger partial charge in [-0.25, -0.2) is 17.7 Å². The zero-order valence-corrected chi connectivity index (χ0v) is 18.6. The first-order chi connectivity index (χ1) is 14.0. The fourth-order valence-electron chi connectivity index (χ4n) is 2.77. The van der Waals surface area contributed by atoms with Gasteiger partial charge in [-0.15, -0.1) is 16.4 Å². The van der Waals surface area contributed by atoms with Crippen LogP contribution in [0.4, 0.5) is 0 Å². The van der Waals surface area contributed by atoms with Gasteiger partial charge in [-0.1, -0.05) is 15.9 Å². The van der Waals surface area contributed by atoms with Crippen LogP contribution in [0.5, 0.6) is 5.75 Å². The second kappa shape index (κ2) is 8.23. The molecule has 0 aliphatic carbocycles. The molecule has 2 aromatic carbocycles. The Morgan fingerprint density at radius 3 is 2.55 bits per heavy atom. The molecule has 7 nitrogen and oxygen atoms in total. The van der Waals surface area contributed by atoms with Crippen LogP contribution < -0.4 is 9.46 Å². The van der Waals surface area contributed by atoms with Crippen LogP contribution in [0.25, 0.3) is 16.3 Å². The highest BCUT2D eigenvalue weighted by molar-refractivity contribution is 9.10. The molecular weight excluding hydrogens is 476 g/mol. The van der Waals surface area contributed by atoms with Gasteiger partial charge in [0.2, 0.25) is 15.0 Å². The van der Waals surface area contributed by atoms with Crippen LogP contribution in [0, 0.1) is 0 Å². The highest BCUT2D eigenvalue weighted by Gasteiger charge is 2.15. The van der Waals surface area contributed by atoms with Gasteiger partial charge in [-0.05, 0) is 48.5 Å². The first-order valence-electron chi connectivity index (χ1n) is 8.69. The van der Waals surface area contributed by atoms with Crippen molar-refractivity contribution in [1.29, 1.82) is 0 Å². The van der Waals surface area contributed by atoms with Gasteiger partial charge in [0.05, 0.1) is 17.7 Å². The van der Waals surface area contributed by atoms with E-state index in [-0.39, 0.29) is 11.4 Å². The van der Waals surface area contributed by atoms with E-state index in [1.165, 1.54) is 11.3 Å². The number of rotatable bonds is 7. The van der Waals surface area contributed by atoms with E-state index in [0.717, 1.165) is 26.4 Å². The van der Waals surface area contributed by atoms with E-state index in [1.54, 1.807) is 35.9 Å². The standard InChI is InChI=1S/C19H17BrN4O3S2/c1-27-16-6-2-13(3-7-16)18-22-19-24(23-18)15(12-28-19)10-11-21-29(25,26)17-8-4-14(20)5-9-17/h2-9,12,21H,10-11H2,1H3. The summed E-state index contributed by atoms with van der Waals surface area (Å²) in [5.74, 6) is 1.39. The van der Waals surface area contributed by atoms with Gasteiger partial charge in [0.25, 0.3) is 0 Å². The largest absolute Gasteiger partial charge is 0.497 e. The number of hydrogen-bond acceptors (Lipinski definition) is 6. The van der Waals surface area contributed by atoms with Crippen LogP contribution in [-0.4, -0.2) is 36.7 Å². The van der Waals surface area contributed by atoms with Crippen molar-refractivity contribution in [3.8, 4) is 17.1 Å². The van der Waals surface area contributed by atoms with Gasteiger partial charge < -0.3 is 4.74 Å². The Bertz CT molecular complexity index is 1230. The highest BCUT2D eigenvalue weighted by atomic mass is 79.9. The number of benzene rings is 2. The third-order valence-electron chi connectivity index (χ3n) is 4.30. The topological polar surface area (TPSA) is 85.6 Å². The highest BCUT2D eigenvalue weighted by Crippen LogP contribution is 2.23. The second-order valence-corrected chi connectivity index (χ2v) is 9.71. The van der Waals surface area contributed by atoms with Gasteiger partial charge in [-0.3, -0.25) is 0 Å². The van der Waals surface area contributed by atoms with Crippen molar-refractivity contribution in [2.75, 3.05) is 13.7 Å². The number of methoxy groups -OCH3 is 1. The quantitative estimate of drug-likeness (QED) is 0.424. The molecule has 2 heterocycles. The Kier molecular flexibility index (Phi) is 5.68. The number of ether oxygens (including phenoxy) is 1. The summed E-state index contributed by atoms with van der Waals surface area (Å²) in [7, 11) is -1.93. The van der Waals surface area contributed by atoms with Gasteiger partial charge in [0, 0.05) is 28.4 Å². The summed E-state index contributed by atoms with van der Waals surface area (Å²) in [6.45, 7) is 0.266. The molecule has 0 radical (unpaired) electrons. The second-order valence-electron chi connectivity index (χ2n) is 6.19. The molecule has 0 spiro atoms. The molecule has 0 aliphatic heterocycles. The third-order valence-corrected chi connectivity index (χ3v) is 7.17. The van der Waals surface area contributed by atoms with Gasteiger partial charge >= 0.3 is 0 Å². The lowest BCUT2D eigenvalue weighted by molar-refractivity contribution is 0.415. The lowest BCUT2D eigenvalue weighted by Gasteiger charge is -2.06. The molecule has 0 atom stereocenters. The minimum absolute atomic E-state index is 0.235. The average molecular weight is 493 g/mol. The molecule has 4 rings (SSSR count). The van der Waals surface area contributed by atoms with Crippen LogP contribution >= 0.6 is 27.3 Å². The van der Waals surface area contributed by atoms with Crippen molar-refractivity contribution < 1.29 is 13.2 Å². The maximum Gasteiger partial charge on any atom is 0.240 e. The van der Waals surface area contributed by atoms with E-state index in [0.29, 0.717) is 12.2 Å². The third kappa shape index (κ3) is 4.35. The van der Waals surface area contributed by atoms with E-state index < -0.39 is 10.0 Å². The number of hydrogen-bond donors (Lipinski definition) is 1. The minimum atomic E-state index is -3.55. The number of fused-ring (bicyclic) bond motifs is 1. The van der Waals surface area contributed by atoms with Gasteiger partial charge in [-0.2, -0.15) is 4.98 Å². The van der Waals surface area contributed by atoms with Crippen molar-refractivity contribution in [2.24, 2.45) is 0 Å². The zero-order chi connectivity index (χ0) is 20.4. The molecule has 0 fully saturated rings. The smallest absolute Gasteiger partial charge is 0.240 e. The van der Waals surface area contributed by atoms with Crippen molar-refractivity contribution in [2.45, 2.75) is 11.3 Å². The Labute approximate surface area is 180 Å². The zero-order valence-electron chi connectivity index (χ0n) is 15.4. The summed E-state index contributed by atoms with van der Waals surface area (Å²) in [4.78, 5) is 5.56. The van der Waals surface area contributed by atoms with Crippen molar-refractivity contribution >= 4 is 42.3 Å². The molecule has 150 valence electrons. The summed E-state index contributed by atoms with van der Waals surface area (Å²) in [6, 6.07) is 14.1. The van der Waals surface area contributed by atoms with E-state index >= 15 is 0 Å². The van der Waals surface area contributed by atoms with E-state index in [9.17, 15) is 8.42 Å². The van der Waals surface area contributed by atoms with Crippen molar-refractivity contribution in [3.05, 3.63) is 64.1 Å². The molecule has 0 amide bonds. The fraction of sp³-hybridized carbons (Fsp3) is 0.158. The molecule has 10 heteroatoms. The van der Waals surface area contributed by atoms with Crippen LogP contribution in [0.1, 0.15) is 5.69 Å². The monoisotopic (exact) mass is 492 g/mol. The number of nitrogens with zero attached hydrogens (tertiary/aromatic N) is 3. The van der Waals surface area contributed by atoms with E-state index in [1.807, 2.05) is 29.6 Å². The summed E-state index contributed by atoms with van der Waals surface area (Å²) in [5, 5.41) is 6.52. The van der Waals surface area contributed by atoms with E-state index in [4.69, 9.17) is 4.74 Å². The first-order valence-corrected chi connectivity index (χ1v) is 11.8. The number of halogens is 1. The SMILES string of the molecule is COc1ccc(-c2nc3scc(CCNS(=O)(=O)c4ccc(Br)cc4)n3n2)cc1. The number of thiazole rings is 1. The molecule has 1 N–H and O–H groups in total. The lowest BCUT2D eigenvalue weighted by Crippen LogP contribution is -2.26. The molecule has 0 unspecified atom stereocenters. The molecule has 29 heavy (non-hydrogen) atoms. The minimum Gasteiger partial charge on any atom is -0.497 e. The Balaban J connectivity index is 1.47. The van der Waals surface area contributed by atoms with Gasteiger partial charge in [0.15, 0.2) is 5.82 Å². The number of nitrogens with one attached hydrogen (secondary N) is 1. The molecule has 0 aliphatic rings. The predicted octanol–water partition coefficient (Wildman–Crippen LogP) is 3.75. The molecular formula is C19H17BrN4O3S2. The van der Waals surface area contributed by atoms with Crippen molar-refractivity contribution in [1.82, 2.24) is 19.3 Å².